The van der Waals surface area contributed by atoms with Gasteiger partial charge in [0, 0.05) is 13.0 Å². The Balaban J connectivity index is 1.86. The zero-order chi connectivity index (χ0) is 11.5. The molecule has 0 radical (unpaired) electrons. The molecule has 90 valence electrons. The third-order valence-electron chi connectivity index (χ3n) is 3.82. The van der Waals surface area contributed by atoms with Crippen molar-refractivity contribution in [2.75, 3.05) is 13.7 Å². The van der Waals surface area contributed by atoms with Gasteiger partial charge in [-0.2, -0.15) is 0 Å². The number of allylic oxidation sites excluding steroid dienone is 2. The number of hydrogen-bond acceptors (Lipinski definition) is 2. The van der Waals surface area contributed by atoms with E-state index in [-0.39, 0.29) is 17.9 Å². The molecule has 0 unspecified atom stereocenters. The van der Waals surface area contributed by atoms with Crippen LogP contribution in [-0.2, 0) is 9.53 Å². The SMILES string of the molecule is CC[C@@H](COC)NC(=O)[C@@H]1C[C@H]2C=C[C@H]1C2. The largest absolute Gasteiger partial charge is 0.383 e. The summed E-state index contributed by atoms with van der Waals surface area (Å²) in [5.74, 6) is 1.58. The van der Waals surface area contributed by atoms with E-state index in [2.05, 4.69) is 24.4 Å². The van der Waals surface area contributed by atoms with Crippen LogP contribution in [0.25, 0.3) is 0 Å². The van der Waals surface area contributed by atoms with Gasteiger partial charge in [-0.1, -0.05) is 19.1 Å². The average Bonchev–Trinajstić information content (AvgIpc) is 2.89. The number of ether oxygens (including phenoxy) is 1. The van der Waals surface area contributed by atoms with E-state index >= 15 is 0 Å². The van der Waals surface area contributed by atoms with E-state index < -0.39 is 0 Å². The molecule has 2 rings (SSSR count). The molecular weight excluding hydrogens is 202 g/mol. The van der Waals surface area contributed by atoms with Crippen LogP contribution in [0.1, 0.15) is 26.2 Å². The Morgan fingerprint density at radius 2 is 2.31 bits per heavy atom. The first-order chi connectivity index (χ1) is 7.74. The van der Waals surface area contributed by atoms with Crippen molar-refractivity contribution >= 4 is 5.91 Å². The number of hydrogen-bond donors (Lipinski definition) is 1. The van der Waals surface area contributed by atoms with Crippen molar-refractivity contribution in [3.8, 4) is 0 Å². The fourth-order valence-electron chi connectivity index (χ4n) is 2.85. The Morgan fingerprint density at radius 3 is 2.81 bits per heavy atom. The molecule has 0 aromatic rings. The summed E-state index contributed by atoms with van der Waals surface area (Å²) in [5, 5.41) is 3.10. The van der Waals surface area contributed by atoms with Crippen molar-refractivity contribution in [2.24, 2.45) is 17.8 Å². The van der Waals surface area contributed by atoms with E-state index in [0.717, 1.165) is 12.8 Å². The maximum atomic E-state index is 12.1. The van der Waals surface area contributed by atoms with Crippen LogP contribution < -0.4 is 5.32 Å². The van der Waals surface area contributed by atoms with Crippen molar-refractivity contribution in [3.63, 3.8) is 0 Å². The minimum Gasteiger partial charge on any atom is -0.383 e. The summed E-state index contributed by atoms with van der Waals surface area (Å²) in [6.07, 6.45) is 7.63. The van der Waals surface area contributed by atoms with Crippen LogP contribution in [0.5, 0.6) is 0 Å². The molecule has 16 heavy (non-hydrogen) atoms. The standard InChI is InChI=1S/C13H21NO2/c1-3-11(8-16-2)14-13(15)12-7-9-4-5-10(12)6-9/h4-5,9-12H,3,6-8H2,1-2H3,(H,14,15)/t9-,10-,11-,12+/m0/s1. The van der Waals surface area contributed by atoms with Crippen LogP contribution in [0.15, 0.2) is 12.2 Å². The summed E-state index contributed by atoms with van der Waals surface area (Å²) >= 11 is 0. The Bertz CT molecular complexity index is 288. The highest BCUT2D eigenvalue weighted by atomic mass is 16.5. The van der Waals surface area contributed by atoms with Gasteiger partial charge in [0.15, 0.2) is 0 Å². The van der Waals surface area contributed by atoms with Gasteiger partial charge in [0.2, 0.25) is 5.91 Å². The number of amides is 1. The summed E-state index contributed by atoms with van der Waals surface area (Å²) in [5.41, 5.74) is 0. The lowest BCUT2D eigenvalue weighted by molar-refractivity contribution is -0.126. The van der Waals surface area contributed by atoms with Gasteiger partial charge in [-0.25, -0.2) is 0 Å². The summed E-state index contributed by atoms with van der Waals surface area (Å²) in [4.78, 5) is 12.1. The van der Waals surface area contributed by atoms with E-state index in [1.54, 1.807) is 7.11 Å². The second-order valence-electron chi connectivity index (χ2n) is 4.96. The normalized spacial score (nSPS) is 33.0. The maximum Gasteiger partial charge on any atom is 0.224 e. The van der Waals surface area contributed by atoms with Crippen molar-refractivity contribution in [2.45, 2.75) is 32.2 Å². The van der Waals surface area contributed by atoms with E-state index in [0.29, 0.717) is 18.4 Å². The van der Waals surface area contributed by atoms with Crippen LogP contribution in [0.2, 0.25) is 0 Å². The molecule has 2 aliphatic carbocycles. The van der Waals surface area contributed by atoms with Gasteiger partial charge in [-0.05, 0) is 31.1 Å². The smallest absolute Gasteiger partial charge is 0.224 e. The third-order valence-corrected chi connectivity index (χ3v) is 3.82. The molecule has 2 aliphatic rings. The molecule has 1 fully saturated rings. The van der Waals surface area contributed by atoms with Crippen LogP contribution in [0.3, 0.4) is 0 Å². The van der Waals surface area contributed by atoms with Gasteiger partial charge in [-0.15, -0.1) is 0 Å². The van der Waals surface area contributed by atoms with Gasteiger partial charge >= 0.3 is 0 Å². The predicted molar refractivity (Wildman–Crippen MR) is 62.9 cm³/mol. The number of carbonyl (C=O) groups excluding carboxylic acids is 1. The Morgan fingerprint density at radius 1 is 1.50 bits per heavy atom. The number of methoxy groups -OCH3 is 1. The van der Waals surface area contributed by atoms with Gasteiger partial charge in [0.1, 0.15) is 0 Å². The second-order valence-corrected chi connectivity index (χ2v) is 4.96. The number of nitrogens with one attached hydrogen (secondary N) is 1. The lowest BCUT2D eigenvalue weighted by Crippen LogP contribution is -2.42. The molecule has 0 saturated heterocycles. The van der Waals surface area contributed by atoms with Crippen LogP contribution >= 0.6 is 0 Å². The van der Waals surface area contributed by atoms with Gasteiger partial charge in [0.05, 0.1) is 12.6 Å². The Labute approximate surface area is 97.2 Å². The number of carbonyl (C=O) groups is 1. The predicted octanol–water partition coefficient (Wildman–Crippen LogP) is 1.74. The topological polar surface area (TPSA) is 38.3 Å². The van der Waals surface area contributed by atoms with Crippen LogP contribution in [0.4, 0.5) is 0 Å². The second kappa shape index (κ2) is 5.00. The third kappa shape index (κ3) is 2.29. The van der Waals surface area contributed by atoms with Crippen molar-refractivity contribution < 1.29 is 9.53 Å². The molecular formula is C13H21NO2. The highest BCUT2D eigenvalue weighted by Crippen LogP contribution is 2.43. The molecule has 0 spiro atoms. The van der Waals surface area contributed by atoms with Crippen molar-refractivity contribution in [1.29, 1.82) is 0 Å². The molecule has 4 atom stereocenters. The first-order valence-corrected chi connectivity index (χ1v) is 6.22. The minimum atomic E-state index is 0.167. The molecule has 2 bridgehead atoms. The average molecular weight is 223 g/mol. The lowest BCUT2D eigenvalue weighted by Gasteiger charge is -2.22. The summed E-state index contributed by atoms with van der Waals surface area (Å²) < 4.78 is 5.09. The molecule has 1 amide bonds. The van der Waals surface area contributed by atoms with Crippen molar-refractivity contribution in [1.82, 2.24) is 5.32 Å². The number of fused-ring (bicyclic) bond motifs is 2. The molecule has 3 heteroatoms. The van der Waals surface area contributed by atoms with Crippen LogP contribution in [0, 0.1) is 17.8 Å². The molecule has 0 heterocycles. The van der Waals surface area contributed by atoms with Gasteiger partial charge < -0.3 is 10.1 Å². The Hall–Kier alpha value is -0.830. The molecule has 0 aromatic heterocycles. The van der Waals surface area contributed by atoms with Gasteiger partial charge in [0.25, 0.3) is 0 Å². The Kier molecular flexibility index (Phi) is 3.64. The fraction of sp³-hybridized carbons (Fsp3) is 0.769. The summed E-state index contributed by atoms with van der Waals surface area (Å²) in [6, 6.07) is 0.167. The molecule has 0 aromatic carbocycles. The maximum absolute atomic E-state index is 12.1. The van der Waals surface area contributed by atoms with Crippen molar-refractivity contribution in [3.05, 3.63) is 12.2 Å². The van der Waals surface area contributed by atoms with Crippen LogP contribution in [-0.4, -0.2) is 25.7 Å². The van der Waals surface area contributed by atoms with Gasteiger partial charge in [-0.3, -0.25) is 4.79 Å². The fourth-order valence-corrected chi connectivity index (χ4v) is 2.85. The summed E-state index contributed by atoms with van der Waals surface area (Å²) in [6.45, 7) is 2.68. The number of rotatable bonds is 5. The first-order valence-electron chi connectivity index (χ1n) is 6.22. The van der Waals surface area contributed by atoms with E-state index in [4.69, 9.17) is 4.74 Å². The highest BCUT2D eigenvalue weighted by molar-refractivity contribution is 5.80. The monoisotopic (exact) mass is 223 g/mol. The van der Waals surface area contributed by atoms with E-state index in [9.17, 15) is 4.79 Å². The molecule has 3 nitrogen and oxygen atoms in total. The molecule has 1 saturated carbocycles. The van der Waals surface area contributed by atoms with E-state index in [1.165, 1.54) is 6.42 Å². The molecule has 0 aliphatic heterocycles. The van der Waals surface area contributed by atoms with E-state index in [1.807, 2.05) is 0 Å². The quantitative estimate of drug-likeness (QED) is 0.721. The summed E-state index contributed by atoms with van der Waals surface area (Å²) in [7, 11) is 1.68. The lowest BCUT2D eigenvalue weighted by atomic mass is 9.92. The zero-order valence-corrected chi connectivity index (χ0v) is 10.1. The first kappa shape index (κ1) is 11.6. The minimum absolute atomic E-state index is 0.167. The zero-order valence-electron chi connectivity index (χ0n) is 10.1. The highest BCUT2D eigenvalue weighted by Gasteiger charge is 2.39. The molecule has 1 N–H and O–H groups in total.